The van der Waals surface area contributed by atoms with E-state index in [1.807, 2.05) is 30.8 Å². The van der Waals surface area contributed by atoms with E-state index in [1.54, 1.807) is 0 Å². The lowest BCUT2D eigenvalue weighted by Crippen LogP contribution is -2.19. The van der Waals surface area contributed by atoms with Crippen LogP contribution in [0, 0.1) is 13.8 Å². The number of rotatable bonds is 4. The minimum Gasteiger partial charge on any atom is -0.486 e. The largest absolute Gasteiger partial charge is 0.486 e. The number of fused-ring (bicyclic) bond motifs is 1. The molecule has 1 aliphatic heterocycles. The van der Waals surface area contributed by atoms with Gasteiger partial charge in [0.1, 0.15) is 13.2 Å². The van der Waals surface area contributed by atoms with Crippen molar-refractivity contribution in [3.8, 4) is 11.5 Å². The number of nitrogens with zero attached hydrogens (tertiary/aromatic N) is 2. The zero-order valence-corrected chi connectivity index (χ0v) is 12.8. The molecular formula is C16H21N3O2. The molecule has 2 heterocycles. The van der Waals surface area contributed by atoms with E-state index in [-0.39, 0.29) is 0 Å². The van der Waals surface area contributed by atoms with Crippen LogP contribution in [0.25, 0.3) is 0 Å². The van der Waals surface area contributed by atoms with Gasteiger partial charge in [-0.3, -0.25) is 4.68 Å². The summed E-state index contributed by atoms with van der Waals surface area (Å²) in [5, 5.41) is 7.91. The monoisotopic (exact) mass is 287 g/mol. The highest BCUT2D eigenvalue weighted by Crippen LogP contribution is 2.33. The molecule has 1 aliphatic rings. The second-order valence-corrected chi connectivity index (χ2v) is 5.32. The summed E-state index contributed by atoms with van der Waals surface area (Å²) >= 11 is 0. The third-order valence-electron chi connectivity index (χ3n) is 3.92. The van der Waals surface area contributed by atoms with Crippen molar-refractivity contribution in [1.82, 2.24) is 15.1 Å². The van der Waals surface area contributed by atoms with E-state index in [9.17, 15) is 0 Å². The van der Waals surface area contributed by atoms with Gasteiger partial charge in [0.05, 0.1) is 5.69 Å². The minimum absolute atomic E-state index is 0.616. The molecule has 0 saturated carbocycles. The van der Waals surface area contributed by atoms with E-state index in [1.165, 1.54) is 11.3 Å². The SMILES string of the molecule is Cc1nn(C)c(C)c1CNCc1cccc2c1OCCO2. The maximum atomic E-state index is 5.73. The number of nitrogens with one attached hydrogen (secondary N) is 1. The van der Waals surface area contributed by atoms with Gasteiger partial charge in [0.2, 0.25) is 0 Å². The molecule has 5 nitrogen and oxygen atoms in total. The lowest BCUT2D eigenvalue weighted by atomic mass is 10.1. The summed E-state index contributed by atoms with van der Waals surface area (Å²) in [5.74, 6) is 1.71. The second kappa shape index (κ2) is 5.77. The first-order chi connectivity index (χ1) is 10.2. The summed E-state index contributed by atoms with van der Waals surface area (Å²) in [4.78, 5) is 0. The van der Waals surface area contributed by atoms with E-state index < -0.39 is 0 Å². The highest BCUT2D eigenvalue weighted by molar-refractivity contribution is 5.47. The van der Waals surface area contributed by atoms with Crippen LogP contribution in [0.15, 0.2) is 18.2 Å². The van der Waals surface area contributed by atoms with Crippen molar-refractivity contribution in [3.63, 3.8) is 0 Å². The molecule has 0 fully saturated rings. The Bertz CT molecular complexity index is 649. The Balaban J connectivity index is 1.68. The topological polar surface area (TPSA) is 48.3 Å². The predicted octanol–water partition coefficient (Wildman–Crippen LogP) is 2.10. The predicted molar refractivity (Wildman–Crippen MR) is 80.7 cm³/mol. The van der Waals surface area contributed by atoms with Crippen molar-refractivity contribution >= 4 is 0 Å². The zero-order chi connectivity index (χ0) is 14.8. The lowest BCUT2D eigenvalue weighted by molar-refractivity contribution is 0.169. The van der Waals surface area contributed by atoms with Gasteiger partial charge in [-0.15, -0.1) is 0 Å². The minimum atomic E-state index is 0.616. The highest BCUT2D eigenvalue weighted by atomic mass is 16.6. The Kier molecular flexibility index (Phi) is 3.84. The summed E-state index contributed by atoms with van der Waals surface area (Å²) < 4.78 is 13.3. The highest BCUT2D eigenvalue weighted by Gasteiger charge is 2.15. The van der Waals surface area contributed by atoms with Gasteiger partial charge >= 0.3 is 0 Å². The first-order valence-corrected chi connectivity index (χ1v) is 7.24. The van der Waals surface area contributed by atoms with Gasteiger partial charge in [-0.05, 0) is 19.9 Å². The molecule has 0 atom stereocenters. The van der Waals surface area contributed by atoms with Crippen LogP contribution in [0.4, 0.5) is 0 Å². The third-order valence-corrected chi connectivity index (χ3v) is 3.92. The van der Waals surface area contributed by atoms with Gasteiger partial charge in [0, 0.05) is 37.0 Å². The molecule has 0 bridgehead atoms. The molecule has 112 valence electrons. The summed E-state index contributed by atoms with van der Waals surface area (Å²) in [7, 11) is 1.98. The van der Waals surface area contributed by atoms with Crippen molar-refractivity contribution in [1.29, 1.82) is 0 Å². The number of hydrogen-bond donors (Lipinski definition) is 1. The number of hydrogen-bond acceptors (Lipinski definition) is 4. The number of ether oxygens (including phenoxy) is 2. The number of aryl methyl sites for hydroxylation is 2. The number of benzene rings is 1. The normalized spacial score (nSPS) is 13.5. The van der Waals surface area contributed by atoms with Gasteiger partial charge < -0.3 is 14.8 Å². The van der Waals surface area contributed by atoms with E-state index in [2.05, 4.69) is 23.4 Å². The maximum absolute atomic E-state index is 5.73. The molecule has 2 aromatic rings. The Morgan fingerprint density at radius 2 is 2.00 bits per heavy atom. The summed E-state index contributed by atoms with van der Waals surface area (Å²) in [5.41, 5.74) is 4.68. The molecule has 0 saturated heterocycles. The van der Waals surface area contributed by atoms with E-state index in [0.717, 1.165) is 35.8 Å². The number of para-hydroxylation sites is 1. The lowest BCUT2D eigenvalue weighted by Gasteiger charge is -2.21. The number of aromatic nitrogens is 2. The van der Waals surface area contributed by atoms with Crippen LogP contribution in [-0.4, -0.2) is 23.0 Å². The maximum Gasteiger partial charge on any atom is 0.165 e. The molecule has 0 spiro atoms. The standard InChI is InChI=1S/C16H21N3O2/c1-11-14(12(2)19(3)18-11)10-17-9-13-5-4-6-15-16(13)21-8-7-20-15/h4-6,17H,7-10H2,1-3H3. The molecule has 3 rings (SSSR count). The molecule has 1 aromatic carbocycles. The van der Waals surface area contributed by atoms with E-state index >= 15 is 0 Å². The molecule has 0 aliphatic carbocycles. The molecule has 1 N–H and O–H groups in total. The van der Waals surface area contributed by atoms with Crippen LogP contribution >= 0.6 is 0 Å². The molecule has 5 heteroatoms. The van der Waals surface area contributed by atoms with Crippen molar-refractivity contribution in [2.45, 2.75) is 26.9 Å². The van der Waals surface area contributed by atoms with Crippen LogP contribution < -0.4 is 14.8 Å². The molecule has 1 aromatic heterocycles. The molecule has 0 unspecified atom stereocenters. The molecule has 0 amide bonds. The van der Waals surface area contributed by atoms with Crippen LogP contribution in [0.1, 0.15) is 22.5 Å². The van der Waals surface area contributed by atoms with Gasteiger partial charge in [0.15, 0.2) is 11.5 Å². The van der Waals surface area contributed by atoms with E-state index in [0.29, 0.717) is 13.2 Å². The summed E-state index contributed by atoms with van der Waals surface area (Å²) in [6, 6.07) is 6.03. The Morgan fingerprint density at radius 1 is 1.19 bits per heavy atom. The van der Waals surface area contributed by atoms with Gasteiger partial charge in [0.25, 0.3) is 0 Å². The van der Waals surface area contributed by atoms with Gasteiger partial charge in [-0.2, -0.15) is 5.10 Å². The third kappa shape index (κ3) is 2.74. The van der Waals surface area contributed by atoms with Gasteiger partial charge in [-0.1, -0.05) is 12.1 Å². The second-order valence-electron chi connectivity index (χ2n) is 5.32. The van der Waals surface area contributed by atoms with Crippen molar-refractivity contribution in [2.24, 2.45) is 7.05 Å². The Morgan fingerprint density at radius 3 is 2.76 bits per heavy atom. The average Bonchev–Trinajstić information content (AvgIpc) is 2.73. The first kappa shape index (κ1) is 13.9. The van der Waals surface area contributed by atoms with Crippen molar-refractivity contribution < 1.29 is 9.47 Å². The van der Waals surface area contributed by atoms with E-state index in [4.69, 9.17) is 9.47 Å². The summed E-state index contributed by atoms with van der Waals surface area (Å²) in [6.45, 7) is 6.93. The smallest absolute Gasteiger partial charge is 0.165 e. The van der Waals surface area contributed by atoms with Crippen molar-refractivity contribution in [3.05, 3.63) is 40.7 Å². The molecular weight excluding hydrogens is 266 g/mol. The van der Waals surface area contributed by atoms with Crippen LogP contribution in [0.2, 0.25) is 0 Å². The summed E-state index contributed by atoms with van der Waals surface area (Å²) in [6.07, 6.45) is 0. The van der Waals surface area contributed by atoms with Gasteiger partial charge in [-0.25, -0.2) is 0 Å². The molecule has 0 radical (unpaired) electrons. The fourth-order valence-corrected chi connectivity index (χ4v) is 2.67. The average molecular weight is 287 g/mol. The molecule has 21 heavy (non-hydrogen) atoms. The Labute approximate surface area is 124 Å². The fourth-order valence-electron chi connectivity index (χ4n) is 2.67. The van der Waals surface area contributed by atoms with Crippen LogP contribution in [-0.2, 0) is 20.1 Å². The quantitative estimate of drug-likeness (QED) is 0.935. The van der Waals surface area contributed by atoms with Crippen LogP contribution in [0.3, 0.4) is 0 Å². The zero-order valence-electron chi connectivity index (χ0n) is 12.8. The Hall–Kier alpha value is -2.01. The van der Waals surface area contributed by atoms with Crippen LogP contribution in [0.5, 0.6) is 11.5 Å². The first-order valence-electron chi connectivity index (χ1n) is 7.24. The van der Waals surface area contributed by atoms with Crippen molar-refractivity contribution in [2.75, 3.05) is 13.2 Å². The fraction of sp³-hybridized carbons (Fsp3) is 0.438.